The van der Waals surface area contributed by atoms with Crippen molar-refractivity contribution >= 4 is 29.1 Å². The van der Waals surface area contributed by atoms with Crippen LogP contribution in [0.5, 0.6) is 0 Å². The molecule has 3 nitrogen and oxygen atoms in total. The first-order valence-electron chi connectivity index (χ1n) is 6.30. The molecular formula is C14H20Cl2N2O. The molecule has 1 amide bonds. The topological polar surface area (TPSA) is 46.3 Å². The molecular weight excluding hydrogens is 283 g/mol. The summed E-state index contributed by atoms with van der Waals surface area (Å²) in [6.07, 6.45) is 0.879. The minimum atomic E-state index is -0.468. The largest absolute Gasteiger partial charge is 0.340 e. The number of hydrogen-bond donors (Lipinski definition) is 1. The van der Waals surface area contributed by atoms with Crippen molar-refractivity contribution in [3.63, 3.8) is 0 Å². The van der Waals surface area contributed by atoms with Crippen LogP contribution in [0.4, 0.5) is 0 Å². The number of hydrogen-bond acceptors (Lipinski definition) is 2. The van der Waals surface area contributed by atoms with Gasteiger partial charge >= 0.3 is 0 Å². The van der Waals surface area contributed by atoms with Crippen LogP contribution in [-0.4, -0.2) is 23.9 Å². The normalized spacial score (nSPS) is 14.0. The smallest absolute Gasteiger partial charge is 0.239 e. The van der Waals surface area contributed by atoms with Gasteiger partial charge in [-0.1, -0.05) is 43.5 Å². The molecule has 1 aromatic rings. The molecule has 2 atom stereocenters. The monoisotopic (exact) mass is 302 g/mol. The molecule has 5 heteroatoms. The summed E-state index contributed by atoms with van der Waals surface area (Å²) in [6.45, 7) is 4.45. The standard InChI is InChI=1S/C14H20Cl2N2O/c1-4-9(2)13(17)14(19)18(3)8-10-5-11(15)7-12(16)6-10/h5-7,9,13H,4,8,17H2,1-3H3/t9-,13-/m0/s1. The Labute approximate surface area is 124 Å². The second-order valence-corrected chi connectivity index (χ2v) is 5.76. The Balaban J connectivity index is 2.73. The fourth-order valence-corrected chi connectivity index (χ4v) is 2.38. The number of rotatable bonds is 5. The Hall–Kier alpha value is -0.770. The van der Waals surface area contributed by atoms with Crippen molar-refractivity contribution in [2.24, 2.45) is 11.7 Å². The maximum Gasteiger partial charge on any atom is 0.239 e. The summed E-state index contributed by atoms with van der Waals surface area (Å²) in [6, 6.07) is 4.79. The maximum absolute atomic E-state index is 12.2. The molecule has 0 unspecified atom stereocenters. The number of halogens is 2. The van der Waals surface area contributed by atoms with E-state index in [-0.39, 0.29) is 11.8 Å². The van der Waals surface area contributed by atoms with E-state index in [1.54, 1.807) is 30.1 Å². The van der Waals surface area contributed by atoms with Gasteiger partial charge in [-0.3, -0.25) is 4.79 Å². The molecule has 2 N–H and O–H groups in total. The van der Waals surface area contributed by atoms with E-state index in [0.29, 0.717) is 16.6 Å². The highest BCUT2D eigenvalue weighted by Gasteiger charge is 2.22. The molecule has 0 spiro atoms. The van der Waals surface area contributed by atoms with Gasteiger partial charge in [0, 0.05) is 23.6 Å². The highest BCUT2D eigenvalue weighted by Crippen LogP contribution is 2.20. The highest BCUT2D eigenvalue weighted by atomic mass is 35.5. The lowest BCUT2D eigenvalue weighted by Gasteiger charge is -2.24. The maximum atomic E-state index is 12.2. The molecule has 1 rings (SSSR count). The second kappa shape index (κ2) is 7.13. The number of benzene rings is 1. The van der Waals surface area contributed by atoms with Gasteiger partial charge in [0.05, 0.1) is 6.04 Å². The third-order valence-electron chi connectivity index (χ3n) is 3.26. The van der Waals surface area contributed by atoms with Crippen LogP contribution in [0.15, 0.2) is 18.2 Å². The fourth-order valence-electron chi connectivity index (χ4n) is 1.81. The van der Waals surface area contributed by atoms with Crippen LogP contribution in [0.25, 0.3) is 0 Å². The Morgan fingerprint density at radius 3 is 2.32 bits per heavy atom. The van der Waals surface area contributed by atoms with Crippen molar-refractivity contribution in [3.05, 3.63) is 33.8 Å². The van der Waals surface area contributed by atoms with E-state index in [2.05, 4.69) is 0 Å². The zero-order valence-corrected chi connectivity index (χ0v) is 13.0. The first kappa shape index (κ1) is 16.3. The van der Waals surface area contributed by atoms with Crippen molar-refractivity contribution in [1.82, 2.24) is 4.90 Å². The SMILES string of the molecule is CC[C@H](C)[C@H](N)C(=O)N(C)Cc1cc(Cl)cc(Cl)c1. The Morgan fingerprint density at radius 1 is 1.32 bits per heavy atom. The van der Waals surface area contributed by atoms with Crippen LogP contribution in [0.1, 0.15) is 25.8 Å². The fraction of sp³-hybridized carbons (Fsp3) is 0.500. The Morgan fingerprint density at radius 2 is 1.84 bits per heavy atom. The lowest BCUT2D eigenvalue weighted by Crippen LogP contribution is -2.45. The van der Waals surface area contributed by atoms with E-state index < -0.39 is 6.04 Å². The van der Waals surface area contributed by atoms with E-state index in [9.17, 15) is 4.79 Å². The van der Waals surface area contributed by atoms with Gasteiger partial charge in [0.25, 0.3) is 0 Å². The molecule has 0 radical (unpaired) electrons. The summed E-state index contributed by atoms with van der Waals surface area (Å²) in [5.41, 5.74) is 6.84. The first-order chi connectivity index (χ1) is 8.85. The average Bonchev–Trinajstić information content (AvgIpc) is 2.34. The minimum Gasteiger partial charge on any atom is -0.340 e. The molecule has 0 saturated carbocycles. The lowest BCUT2D eigenvalue weighted by molar-refractivity contribution is -0.132. The predicted octanol–water partition coefficient (Wildman–Crippen LogP) is 3.33. The van der Waals surface area contributed by atoms with Crippen molar-refractivity contribution < 1.29 is 4.79 Å². The third-order valence-corrected chi connectivity index (χ3v) is 3.70. The van der Waals surface area contributed by atoms with Crippen molar-refractivity contribution in [1.29, 1.82) is 0 Å². The molecule has 0 bridgehead atoms. The Kier molecular flexibility index (Phi) is 6.11. The van der Waals surface area contributed by atoms with Crippen molar-refractivity contribution in [3.8, 4) is 0 Å². The quantitative estimate of drug-likeness (QED) is 0.907. The van der Waals surface area contributed by atoms with E-state index in [1.165, 1.54) is 0 Å². The number of likely N-dealkylation sites (N-methyl/N-ethyl adjacent to an activating group) is 1. The average molecular weight is 303 g/mol. The van der Waals surface area contributed by atoms with Gasteiger partial charge in [-0.15, -0.1) is 0 Å². The zero-order chi connectivity index (χ0) is 14.6. The number of nitrogens with two attached hydrogens (primary N) is 1. The summed E-state index contributed by atoms with van der Waals surface area (Å²) < 4.78 is 0. The second-order valence-electron chi connectivity index (χ2n) is 4.88. The van der Waals surface area contributed by atoms with E-state index >= 15 is 0 Å². The summed E-state index contributed by atoms with van der Waals surface area (Å²) >= 11 is 11.9. The van der Waals surface area contributed by atoms with E-state index in [0.717, 1.165) is 12.0 Å². The lowest BCUT2D eigenvalue weighted by atomic mass is 9.99. The molecule has 0 fully saturated rings. The van der Waals surface area contributed by atoms with Crippen LogP contribution in [-0.2, 0) is 11.3 Å². The van der Waals surface area contributed by atoms with Gasteiger partial charge in [-0.2, -0.15) is 0 Å². The summed E-state index contributed by atoms with van der Waals surface area (Å²) in [7, 11) is 1.74. The third kappa shape index (κ3) is 4.68. The van der Waals surface area contributed by atoms with Gasteiger partial charge in [-0.25, -0.2) is 0 Å². The van der Waals surface area contributed by atoms with E-state index in [4.69, 9.17) is 28.9 Å². The highest BCUT2D eigenvalue weighted by molar-refractivity contribution is 6.34. The molecule has 106 valence electrons. The first-order valence-corrected chi connectivity index (χ1v) is 7.06. The van der Waals surface area contributed by atoms with Crippen LogP contribution in [0.3, 0.4) is 0 Å². The number of carbonyl (C=O) groups excluding carboxylic acids is 1. The van der Waals surface area contributed by atoms with Gasteiger partial charge in [0.15, 0.2) is 0 Å². The van der Waals surface area contributed by atoms with E-state index in [1.807, 2.05) is 13.8 Å². The Bertz CT molecular complexity index is 431. The van der Waals surface area contributed by atoms with Crippen molar-refractivity contribution in [2.45, 2.75) is 32.9 Å². The minimum absolute atomic E-state index is 0.0644. The molecule has 0 heterocycles. The molecule has 0 saturated heterocycles. The number of nitrogens with zero attached hydrogens (tertiary/aromatic N) is 1. The summed E-state index contributed by atoms with van der Waals surface area (Å²) in [4.78, 5) is 13.8. The molecule has 0 aliphatic carbocycles. The molecule has 0 aromatic heterocycles. The molecule has 19 heavy (non-hydrogen) atoms. The summed E-state index contributed by atoms with van der Waals surface area (Å²) in [5, 5.41) is 1.13. The van der Waals surface area contributed by atoms with Gasteiger partial charge < -0.3 is 10.6 Å². The van der Waals surface area contributed by atoms with Crippen LogP contribution in [0, 0.1) is 5.92 Å². The zero-order valence-electron chi connectivity index (χ0n) is 11.5. The number of amides is 1. The van der Waals surface area contributed by atoms with Gasteiger partial charge in [0.1, 0.15) is 0 Å². The number of carbonyl (C=O) groups is 1. The van der Waals surface area contributed by atoms with Gasteiger partial charge in [-0.05, 0) is 29.7 Å². The molecule has 0 aliphatic rings. The van der Waals surface area contributed by atoms with Crippen LogP contribution >= 0.6 is 23.2 Å². The van der Waals surface area contributed by atoms with Crippen LogP contribution < -0.4 is 5.73 Å². The predicted molar refractivity (Wildman–Crippen MR) is 80.4 cm³/mol. The van der Waals surface area contributed by atoms with Gasteiger partial charge in [0.2, 0.25) is 5.91 Å². The molecule has 0 aliphatic heterocycles. The molecule has 1 aromatic carbocycles. The van der Waals surface area contributed by atoms with Crippen LogP contribution in [0.2, 0.25) is 10.0 Å². The van der Waals surface area contributed by atoms with Crippen molar-refractivity contribution in [2.75, 3.05) is 7.05 Å². The summed E-state index contributed by atoms with van der Waals surface area (Å²) in [5.74, 6) is 0.100.